The number of benzene rings is 1. The van der Waals surface area contributed by atoms with Crippen molar-refractivity contribution in [1.82, 2.24) is 9.55 Å². The Morgan fingerprint density at radius 3 is 2.75 bits per heavy atom. The molecule has 0 saturated heterocycles. The number of carboxylic acids is 1. The molecule has 0 fully saturated rings. The highest BCUT2D eigenvalue weighted by atomic mass is 32.2. The van der Waals surface area contributed by atoms with Gasteiger partial charge in [0.05, 0.1) is 28.4 Å². The first kappa shape index (κ1) is 14.4. The summed E-state index contributed by atoms with van der Waals surface area (Å²) in [6.07, 6.45) is 0. The van der Waals surface area contributed by atoms with Gasteiger partial charge in [-0.05, 0) is 39.0 Å². The summed E-state index contributed by atoms with van der Waals surface area (Å²) in [6.45, 7) is 6.08. The first-order valence-corrected chi connectivity index (χ1v) is 7.09. The van der Waals surface area contributed by atoms with Crippen molar-refractivity contribution in [3.05, 3.63) is 23.8 Å². The first-order valence-electron chi connectivity index (χ1n) is 6.10. The molecule has 0 unspecified atom stereocenters. The number of carboxylic acid groups (broad SMARTS) is 1. The maximum atomic E-state index is 10.7. The van der Waals surface area contributed by atoms with Crippen molar-refractivity contribution in [3.63, 3.8) is 0 Å². The zero-order valence-electron chi connectivity index (χ0n) is 11.5. The first-order chi connectivity index (χ1) is 9.32. The zero-order valence-corrected chi connectivity index (χ0v) is 12.4. The summed E-state index contributed by atoms with van der Waals surface area (Å²) in [4.78, 5) is 15.2. The van der Waals surface area contributed by atoms with E-state index in [-0.39, 0.29) is 11.3 Å². The Morgan fingerprint density at radius 1 is 1.50 bits per heavy atom. The molecule has 0 bridgehead atoms. The Hall–Kier alpha value is -2.00. The molecular formula is C14H15N3O2S. The summed E-state index contributed by atoms with van der Waals surface area (Å²) in [5.74, 6) is -0.912. The molecule has 1 heterocycles. The number of aliphatic carboxylic acids is 1. The van der Waals surface area contributed by atoms with Gasteiger partial charge >= 0.3 is 5.97 Å². The maximum Gasteiger partial charge on any atom is 0.313 e. The van der Waals surface area contributed by atoms with Crippen LogP contribution < -0.4 is 0 Å². The molecule has 0 aliphatic heterocycles. The molecule has 0 spiro atoms. The van der Waals surface area contributed by atoms with Gasteiger partial charge in [0.2, 0.25) is 0 Å². The Bertz CT molecular complexity index is 708. The van der Waals surface area contributed by atoms with Crippen molar-refractivity contribution >= 4 is 28.8 Å². The van der Waals surface area contributed by atoms with Gasteiger partial charge in [-0.3, -0.25) is 4.79 Å². The number of nitriles is 1. The van der Waals surface area contributed by atoms with E-state index in [1.807, 2.05) is 25.3 Å². The summed E-state index contributed by atoms with van der Waals surface area (Å²) < 4.78 is 1.98. The van der Waals surface area contributed by atoms with Crippen molar-refractivity contribution in [3.8, 4) is 6.07 Å². The third kappa shape index (κ3) is 2.78. The van der Waals surface area contributed by atoms with Gasteiger partial charge in [-0.15, -0.1) is 0 Å². The Balaban J connectivity index is 2.62. The third-order valence-electron chi connectivity index (χ3n) is 2.75. The fraction of sp³-hybridized carbons (Fsp3) is 0.357. The quantitative estimate of drug-likeness (QED) is 0.879. The van der Waals surface area contributed by atoms with Gasteiger partial charge in [0.15, 0.2) is 5.16 Å². The minimum atomic E-state index is -0.875. The van der Waals surface area contributed by atoms with Crippen LogP contribution in [-0.4, -0.2) is 26.4 Å². The van der Waals surface area contributed by atoms with Crippen LogP contribution in [0.2, 0.25) is 0 Å². The summed E-state index contributed by atoms with van der Waals surface area (Å²) in [6, 6.07) is 7.41. The predicted molar refractivity (Wildman–Crippen MR) is 77.8 cm³/mol. The molecule has 5 nitrogen and oxygen atoms in total. The number of thioether (sulfide) groups is 1. The fourth-order valence-corrected chi connectivity index (χ4v) is 2.91. The molecule has 2 rings (SSSR count). The highest BCUT2D eigenvalue weighted by molar-refractivity contribution is 7.99. The Morgan fingerprint density at radius 2 is 2.20 bits per heavy atom. The number of hydrogen-bond acceptors (Lipinski definition) is 4. The van der Waals surface area contributed by atoms with E-state index in [4.69, 9.17) is 10.4 Å². The summed E-state index contributed by atoms with van der Waals surface area (Å²) in [7, 11) is 0. The molecule has 0 atom stereocenters. The van der Waals surface area contributed by atoms with Crippen molar-refractivity contribution in [2.24, 2.45) is 0 Å². The minimum Gasteiger partial charge on any atom is -0.481 e. The number of fused-ring (bicyclic) bond motifs is 1. The molecule has 104 valence electrons. The van der Waals surface area contributed by atoms with Crippen LogP contribution in [0.5, 0.6) is 0 Å². The lowest BCUT2D eigenvalue weighted by Gasteiger charge is -2.24. The van der Waals surface area contributed by atoms with Gasteiger partial charge in [0, 0.05) is 5.54 Å². The molecule has 6 heteroatoms. The molecule has 1 aromatic carbocycles. The van der Waals surface area contributed by atoms with E-state index in [1.165, 1.54) is 11.8 Å². The van der Waals surface area contributed by atoms with Crippen molar-refractivity contribution in [1.29, 1.82) is 5.26 Å². The SMILES string of the molecule is CC(C)(C)n1c(SCC(=O)O)nc2ccc(C#N)cc21. The van der Waals surface area contributed by atoms with Crippen LogP contribution in [0.25, 0.3) is 11.0 Å². The lowest BCUT2D eigenvalue weighted by Crippen LogP contribution is -2.22. The average Bonchev–Trinajstić information content (AvgIpc) is 2.73. The molecule has 2 aromatic rings. The van der Waals surface area contributed by atoms with Gasteiger partial charge < -0.3 is 9.67 Å². The maximum absolute atomic E-state index is 10.7. The van der Waals surface area contributed by atoms with Crippen LogP contribution in [0.3, 0.4) is 0 Å². The smallest absolute Gasteiger partial charge is 0.313 e. The Kier molecular flexibility index (Phi) is 3.73. The van der Waals surface area contributed by atoms with E-state index in [0.29, 0.717) is 10.7 Å². The van der Waals surface area contributed by atoms with Crippen LogP contribution in [0.4, 0.5) is 0 Å². The van der Waals surface area contributed by atoms with Crippen LogP contribution in [0, 0.1) is 11.3 Å². The summed E-state index contributed by atoms with van der Waals surface area (Å²) in [5.41, 5.74) is 1.94. The molecule has 0 amide bonds. The van der Waals surface area contributed by atoms with E-state index in [1.54, 1.807) is 18.2 Å². The molecule has 1 aromatic heterocycles. The molecule has 0 radical (unpaired) electrons. The standard InChI is InChI=1S/C14H15N3O2S/c1-14(2,3)17-11-6-9(7-15)4-5-10(11)16-13(17)20-8-12(18)19/h4-6H,8H2,1-3H3,(H,18,19). The topological polar surface area (TPSA) is 78.9 Å². The second kappa shape index (κ2) is 5.17. The molecule has 1 N–H and O–H groups in total. The minimum absolute atomic E-state index is 0.0372. The average molecular weight is 289 g/mol. The van der Waals surface area contributed by atoms with Crippen molar-refractivity contribution < 1.29 is 9.90 Å². The van der Waals surface area contributed by atoms with Crippen molar-refractivity contribution in [2.45, 2.75) is 31.5 Å². The zero-order chi connectivity index (χ0) is 14.9. The van der Waals surface area contributed by atoms with Crippen molar-refractivity contribution in [2.75, 3.05) is 5.75 Å². The second-order valence-electron chi connectivity index (χ2n) is 5.40. The summed E-state index contributed by atoms with van der Waals surface area (Å²) >= 11 is 1.19. The second-order valence-corrected chi connectivity index (χ2v) is 6.34. The highest BCUT2D eigenvalue weighted by Gasteiger charge is 2.22. The number of carbonyl (C=O) groups is 1. The number of hydrogen-bond donors (Lipinski definition) is 1. The van der Waals surface area contributed by atoms with Crippen LogP contribution >= 0.6 is 11.8 Å². The lowest BCUT2D eigenvalue weighted by atomic mass is 10.1. The van der Waals surface area contributed by atoms with Crippen LogP contribution in [0.1, 0.15) is 26.3 Å². The number of imidazole rings is 1. The van der Waals surface area contributed by atoms with Gasteiger partial charge in [0.25, 0.3) is 0 Å². The monoisotopic (exact) mass is 289 g/mol. The van der Waals surface area contributed by atoms with Gasteiger partial charge in [-0.1, -0.05) is 11.8 Å². The third-order valence-corrected chi connectivity index (χ3v) is 3.67. The fourth-order valence-electron chi connectivity index (χ4n) is 1.99. The highest BCUT2D eigenvalue weighted by Crippen LogP contribution is 2.31. The molecular weight excluding hydrogens is 274 g/mol. The molecule has 20 heavy (non-hydrogen) atoms. The lowest BCUT2D eigenvalue weighted by molar-refractivity contribution is -0.133. The van der Waals surface area contributed by atoms with E-state index < -0.39 is 5.97 Å². The van der Waals surface area contributed by atoms with E-state index in [0.717, 1.165) is 11.0 Å². The largest absolute Gasteiger partial charge is 0.481 e. The van der Waals surface area contributed by atoms with Crippen LogP contribution in [-0.2, 0) is 10.3 Å². The van der Waals surface area contributed by atoms with E-state index >= 15 is 0 Å². The number of aromatic nitrogens is 2. The number of nitrogens with zero attached hydrogens (tertiary/aromatic N) is 3. The van der Waals surface area contributed by atoms with Gasteiger partial charge in [-0.2, -0.15) is 5.26 Å². The Labute approximate surface area is 121 Å². The predicted octanol–water partition coefficient (Wildman–Crippen LogP) is 2.84. The number of rotatable bonds is 3. The van der Waals surface area contributed by atoms with E-state index in [2.05, 4.69) is 11.1 Å². The molecule has 0 aliphatic carbocycles. The van der Waals surface area contributed by atoms with Gasteiger partial charge in [-0.25, -0.2) is 4.98 Å². The normalized spacial score (nSPS) is 11.5. The van der Waals surface area contributed by atoms with Gasteiger partial charge in [0.1, 0.15) is 0 Å². The van der Waals surface area contributed by atoms with Crippen LogP contribution in [0.15, 0.2) is 23.4 Å². The molecule has 0 saturated carbocycles. The molecule has 0 aliphatic rings. The summed E-state index contributed by atoms with van der Waals surface area (Å²) in [5, 5.41) is 18.5. The van der Waals surface area contributed by atoms with E-state index in [9.17, 15) is 4.79 Å².